The Morgan fingerprint density at radius 2 is 2.33 bits per heavy atom. The third-order valence-corrected chi connectivity index (χ3v) is 2.05. The van der Waals surface area contributed by atoms with Crippen molar-refractivity contribution in [3.05, 3.63) is 40.6 Å². The average Bonchev–Trinajstić information content (AvgIpc) is 2.34. The lowest BCUT2D eigenvalue weighted by molar-refractivity contribution is -0.386. The first-order valence-corrected chi connectivity index (χ1v) is 5.18. The zero-order valence-corrected chi connectivity index (χ0v) is 9.54. The van der Waals surface area contributed by atoms with E-state index in [1.165, 1.54) is 0 Å². The SMILES string of the molecule is C=CCCCOc1nc(C(=O)O)ccc1[N+](=O)[O-]. The van der Waals surface area contributed by atoms with Crippen LogP contribution >= 0.6 is 0 Å². The number of pyridine rings is 1. The highest BCUT2D eigenvalue weighted by atomic mass is 16.6. The highest BCUT2D eigenvalue weighted by molar-refractivity contribution is 5.85. The molecular formula is C11H12N2O5. The predicted octanol–water partition coefficient (Wildman–Crippen LogP) is 2.03. The first kappa shape index (κ1) is 13.6. The number of rotatable bonds is 7. The van der Waals surface area contributed by atoms with E-state index < -0.39 is 10.9 Å². The molecule has 0 atom stereocenters. The van der Waals surface area contributed by atoms with Crippen LogP contribution in [0.15, 0.2) is 24.8 Å². The Labute approximate surface area is 103 Å². The molecule has 7 heteroatoms. The van der Waals surface area contributed by atoms with Crippen LogP contribution in [-0.4, -0.2) is 27.6 Å². The maximum atomic E-state index is 10.7. The van der Waals surface area contributed by atoms with E-state index in [4.69, 9.17) is 9.84 Å². The van der Waals surface area contributed by atoms with Crippen molar-refractivity contribution >= 4 is 11.7 Å². The van der Waals surface area contributed by atoms with E-state index in [9.17, 15) is 14.9 Å². The van der Waals surface area contributed by atoms with Crippen LogP contribution in [-0.2, 0) is 0 Å². The average molecular weight is 252 g/mol. The lowest BCUT2D eigenvalue weighted by atomic mass is 10.3. The van der Waals surface area contributed by atoms with Crippen molar-refractivity contribution in [1.82, 2.24) is 4.98 Å². The maximum absolute atomic E-state index is 10.7. The van der Waals surface area contributed by atoms with Crippen molar-refractivity contribution in [3.63, 3.8) is 0 Å². The molecule has 18 heavy (non-hydrogen) atoms. The molecule has 0 aliphatic carbocycles. The summed E-state index contributed by atoms with van der Waals surface area (Å²) in [5, 5.41) is 19.5. The lowest BCUT2D eigenvalue weighted by Gasteiger charge is -2.05. The summed E-state index contributed by atoms with van der Waals surface area (Å²) in [6.07, 6.45) is 3.02. The molecule has 1 aromatic rings. The van der Waals surface area contributed by atoms with Gasteiger partial charge in [0, 0.05) is 6.07 Å². The van der Waals surface area contributed by atoms with Gasteiger partial charge in [0.25, 0.3) is 5.88 Å². The Morgan fingerprint density at radius 1 is 1.61 bits per heavy atom. The summed E-state index contributed by atoms with van der Waals surface area (Å²) in [5.41, 5.74) is -0.641. The molecule has 1 heterocycles. The van der Waals surface area contributed by atoms with Crippen molar-refractivity contribution < 1.29 is 19.6 Å². The molecule has 7 nitrogen and oxygen atoms in total. The van der Waals surface area contributed by atoms with Crippen LogP contribution in [0.2, 0.25) is 0 Å². The fourth-order valence-electron chi connectivity index (χ4n) is 1.19. The Hall–Kier alpha value is -2.44. The Kier molecular flexibility index (Phi) is 4.79. The summed E-state index contributed by atoms with van der Waals surface area (Å²) in [7, 11) is 0. The Morgan fingerprint density at radius 3 is 2.89 bits per heavy atom. The van der Waals surface area contributed by atoms with Gasteiger partial charge in [-0.15, -0.1) is 6.58 Å². The van der Waals surface area contributed by atoms with Gasteiger partial charge >= 0.3 is 11.7 Å². The number of carboxylic acids is 1. The van der Waals surface area contributed by atoms with Gasteiger partial charge in [0.2, 0.25) is 0 Å². The second kappa shape index (κ2) is 6.33. The van der Waals surface area contributed by atoms with Gasteiger partial charge in [0.15, 0.2) is 5.69 Å². The number of unbranched alkanes of at least 4 members (excludes halogenated alkanes) is 1. The molecule has 1 rings (SSSR count). The molecule has 0 aromatic carbocycles. The molecule has 96 valence electrons. The standard InChI is InChI=1S/C11H12N2O5/c1-2-3-4-7-18-10-9(13(16)17)6-5-8(12-10)11(14)15/h2,5-6H,1,3-4,7H2,(H,14,15). The Bertz CT molecular complexity index is 473. The Balaban J connectivity index is 2.89. The molecule has 0 radical (unpaired) electrons. The van der Waals surface area contributed by atoms with Crippen LogP contribution in [0.5, 0.6) is 5.88 Å². The summed E-state index contributed by atoms with van der Waals surface area (Å²) < 4.78 is 5.13. The number of allylic oxidation sites excluding steroid dienone is 1. The molecule has 0 aliphatic rings. The van der Waals surface area contributed by atoms with Crippen molar-refractivity contribution in [1.29, 1.82) is 0 Å². The van der Waals surface area contributed by atoms with Crippen molar-refractivity contribution in [2.24, 2.45) is 0 Å². The smallest absolute Gasteiger partial charge is 0.354 e. The molecule has 0 aliphatic heterocycles. The highest BCUT2D eigenvalue weighted by Gasteiger charge is 2.19. The van der Waals surface area contributed by atoms with Crippen molar-refractivity contribution in [2.75, 3.05) is 6.61 Å². The third-order valence-electron chi connectivity index (χ3n) is 2.05. The van der Waals surface area contributed by atoms with Gasteiger partial charge in [-0.05, 0) is 18.9 Å². The summed E-state index contributed by atoms with van der Waals surface area (Å²) >= 11 is 0. The molecule has 0 saturated heterocycles. The largest absolute Gasteiger partial charge is 0.477 e. The summed E-state index contributed by atoms with van der Waals surface area (Å²) in [4.78, 5) is 24.4. The maximum Gasteiger partial charge on any atom is 0.354 e. The first-order valence-electron chi connectivity index (χ1n) is 5.18. The summed E-state index contributed by atoms with van der Waals surface area (Å²) in [6.45, 7) is 3.74. The first-order chi connectivity index (χ1) is 8.56. The number of carbonyl (C=O) groups is 1. The van der Waals surface area contributed by atoms with E-state index in [-0.39, 0.29) is 23.9 Å². The number of nitrogens with zero attached hydrogens (tertiary/aromatic N) is 2. The van der Waals surface area contributed by atoms with Gasteiger partial charge in [-0.2, -0.15) is 0 Å². The molecule has 1 N–H and O–H groups in total. The molecule has 0 unspecified atom stereocenters. The van der Waals surface area contributed by atoms with Gasteiger partial charge in [0.05, 0.1) is 11.5 Å². The normalized spacial score (nSPS) is 9.78. The van der Waals surface area contributed by atoms with Crippen molar-refractivity contribution in [2.45, 2.75) is 12.8 Å². The molecule has 0 saturated carbocycles. The summed E-state index contributed by atoms with van der Waals surface area (Å²) in [6, 6.07) is 2.14. The van der Waals surface area contributed by atoms with E-state index in [0.29, 0.717) is 12.8 Å². The number of carboxylic acid groups (broad SMARTS) is 1. The monoisotopic (exact) mass is 252 g/mol. The van der Waals surface area contributed by atoms with E-state index in [0.717, 1.165) is 12.1 Å². The van der Waals surface area contributed by atoms with Crippen LogP contribution < -0.4 is 4.74 Å². The number of aromatic nitrogens is 1. The lowest BCUT2D eigenvalue weighted by Crippen LogP contribution is -2.06. The van der Waals surface area contributed by atoms with E-state index in [1.54, 1.807) is 6.08 Å². The summed E-state index contributed by atoms with van der Waals surface area (Å²) in [5.74, 6) is -1.54. The zero-order valence-electron chi connectivity index (χ0n) is 9.54. The second-order valence-electron chi connectivity index (χ2n) is 3.36. The topological polar surface area (TPSA) is 103 Å². The van der Waals surface area contributed by atoms with Gasteiger partial charge in [-0.25, -0.2) is 9.78 Å². The van der Waals surface area contributed by atoms with Gasteiger partial charge in [-0.1, -0.05) is 6.08 Å². The van der Waals surface area contributed by atoms with Gasteiger partial charge in [-0.3, -0.25) is 10.1 Å². The molecule has 0 spiro atoms. The van der Waals surface area contributed by atoms with Crippen LogP contribution in [0.3, 0.4) is 0 Å². The number of nitro groups is 1. The number of ether oxygens (including phenoxy) is 1. The van der Waals surface area contributed by atoms with Crippen LogP contribution in [0.4, 0.5) is 5.69 Å². The van der Waals surface area contributed by atoms with Gasteiger partial charge in [0.1, 0.15) is 0 Å². The number of hydrogen-bond donors (Lipinski definition) is 1. The zero-order chi connectivity index (χ0) is 13.5. The molecule has 1 aromatic heterocycles. The molecule has 0 bridgehead atoms. The van der Waals surface area contributed by atoms with Crippen LogP contribution in [0, 0.1) is 10.1 Å². The van der Waals surface area contributed by atoms with Gasteiger partial charge < -0.3 is 9.84 Å². The fourth-order valence-corrected chi connectivity index (χ4v) is 1.19. The minimum Gasteiger partial charge on any atom is -0.477 e. The van der Waals surface area contributed by atoms with E-state index >= 15 is 0 Å². The minimum absolute atomic E-state index is 0.211. The third kappa shape index (κ3) is 3.55. The van der Waals surface area contributed by atoms with E-state index in [2.05, 4.69) is 11.6 Å². The minimum atomic E-state index is -1.26. The number of hydrogen-bond acceptors (Lipinski definition) is 5. The molecular weight excluding hydrogens is 240 g/mol. The fraction of sp³-hybridized carbons (Fsp3) is 0.273. The molecule has 0 fully saturated rings. The quantitative estimate of drug-likeness (QED) is 0.344. The number of aromatic carboxylic acids is 1. The highest BCUT2D eigenvalue weighted by Crippen LogP contribution is 2.24. The van der Waals surface area contributed by atoms with Crippen LogP contribution in [0.1, 0.15) is 23.3 Å². The van der Waals surface area contributed by atoms with Crippen molar-refractivity contribution in [3.8, 4) is 5.88 Å². The van der Waals surface area contributed by atoms with Crippen LogP contribution in [0.25, 0.3) is 0 Å². The molecule has 0 amide bonds. The van der Waals surface area contributed by atoms with E-state index in [1.807, 2.05) is 0 Å². The predicted molar refractivity (Wildman–Crippen MR) is 62.8 cm³/mol. The second-order valence-corrected chi connectivity index (χ2v) is 3.36.